The maximum absolute atomic E-state index is 11.8. The van der Waals surface area contributed by atoms with Crippen LogP contribution in [0.15, 0.2) is 23.8 Å². The van der Waals surface area contributed by atoms with Gasteiger partial charge >= 0.3 is 6.09 Å². The first-order valence-corrected chi connectivity index (χ1v) is 9.24. The van der Waals surface area contributed by atoms with E-state index in [9.17, 15) is 4.79 Å². The summed E-state index contributed by atoms with van der Waals surface area (Å²) in [6.07, 6.45) is 4.90. The van der Waals surface area contributed by atoms with Crippen LogP contribution in [0.4, 0.5) is 4.79 Å². The molecule has 3 heterocycles. The second-order valence-electron chi connectivity index (χ2n) is 7.51. The van der Waals surface area contributed by atoms with Crippen LogP contribution in [0.3, 0.4) is 0 Å². The molecule has 1 spiro atoms. The fourth-order valence-electron chi connectivity index (χ4n) is 4.20. The number of carbonyl (C=O) groups excluding carboxylic acids is 1. The maximum atomic E-state index is 11.8. The van der Waals surface area contributed by atoms with Crippen LogP contribution < -0.4 is 9.47 Å². The topological polar surface area (TPSA) is 51.2 Å². The maximum Gasteiger partial charge on any atom is 0.410 e. The van der Waals surface area contributed by atoms with Gasteiger partial charge in [0.1, 0.15) is 12.2 Å². The summed E-state index contributed by atoms with van der Waals surface area (Å²) in [5, 5.41) is 0. The highest BCUT2D eigenvalue weighted by atomic mass is 16.6. The standard InChI is InChI=1S/C20H26N2O4/c1-21-14-20(26-19(21)23)7-4-9-22(10-8-20)12-15-11-16-5-3-6-17(24-2)18(16)25-13-15/h3,5-6,11H,4,7-10,12-14H2,1-2H3. The molecule has 1 amide bonds. The third kappa shape index (κ3) is 3.26. The zero-order valence-electron chi connectivity index (χ0n) is 15.5. The van der Waals surface area contributed by atoms with Gasteiger partial charge in [0.05, 0.1) is 13.7 Å². The number of rotatable bonds is 3. The zero-order valence-corrected chi connectivity index (χ0v) is 15.5. The fourth-order valence-corrected chi connectivity index (χ4v) is 4.20. The van der Waals surface area contributed by atoms with E-state index in [0.29, 0.717) is 13.2 Å². The SMILES string of the molecule is COc1cccc2c1OCC(CN1CCCC3(CC1)CN(C)C(=O)O3)=C2. The van der Waals surface area contributed by atoms with Gasteiger partial charge in [-0.1, -0.05) is 12.1 Å². The highest BCUT2D eigenvalue weighted by Gasteiger charge is 2.44. The molecule has 0 radical (unpaired) electrons. The number of benzene rings is 1. The van der Waals surface area contributed by atoms with E-state index in [1.807, 2.05) is 19.2 Å². The van der Waals surface area contributed by atoms with E-state index in [4.69, 9.17) is 14.2 Å². The van der Waals surface area contributed by atoms with E-state index >= 15 is 0 Å². The third-order valence-electron chi connectivity index (χ3n) is 5.55. The highest BCUT2D eigenvalue weighted by Crippen LogP contribution is 2.36. The first kappa shape index (κ1) is 17.2. The molecule has 1 aromatic carbocycles. The second-order valence-corrected chi connectivity index (χ2v) is 7.51. The number of likely N-dealkylation sites (tertiary alicyclic amines) is 1. The van der Waals surface area contributed by atoms with Crippen LogP contribution in [0.25, 0.3) is 6.08 Å². The summed E-state index contributed by atoms with van der Waals surface area (Å²) in [6, 6.07) is 5.97. The lowest BCUT2D eigenvalue weighted by Gasteiger charge is -2.27. The molecule has 1 atom stereocenters. The van der Waals surface area contributed by atoms with E-state index in [0.717, 1.165) is 56.0 Å². The summed E-state index contributed by atoms with van der Waals surface area (Å²) in [4.78, 5) is 15.9. The summed E-state index contributed by atoms with van der Waals surface area (Å²) in [5.74, 6) is 1.61. The molecular formula is C20H26N2O4. The Kier molecular flexibility index (Phi) is 4.53. The molecular weight excluding hydrogens is 332 g/mol. The molecule has 2 fully saturated rings. The van der Waals surface area contributed by atoms with Crippen molar-refractivity contribution >= 4 is 12.2 Å². The molecule has 140 valence electrons. The molecule has 2 saturated heterocycles. The minimum Gasteiger partial charge on any atom is -0.493 e. The number of carbonyl (C=O) groups is 1. The third-order valence-corrected chi connectivity index (χ3v) is 5.55. The lowest BCUT2D eigenvalue weighted by atomic mass is 9.95. The molecule has 4 rings (SSSR count). The van der Waals surface area contributed by atoms with Crippen molar-refractivity contribution < 1.29 is 19.0 Å². The normalized spacial score (nSPS) is 26.0. The molecule has 0 aliphatic carbocycles. The molecule has 1 aromatic rings. The van der Waals surface area contributed by atoms with Gasteiger partial charge in [0.25, 0.3) is 0 Å². The first-order valence-electron chi connectivity index (χ1n) is 9.24. The van der Waals surface area contributed by atoms with Crippen LogP contribution in [0.5, 0.6) is 11.5 Å². The van der Waals surface area contributed by atoms with Gasteiger partial charge in [0, 0.05) is 32.1 Å². The van der Waals surface area contributed by atoms with E-state index in [2.05, 4.69) is 17.0 Å². The number of para-hydroxylation sites is 1. The van der Waals surface area contributed by atoms with Crippen LogP contribution in [-0.4, -0.2) is 68.4 Å². The van der Waals surface area contributed by atoms with Gasteiger partial charge in [0.2, 0.25) is 0 Å². The largest absolute Gasteiger partial charge is 0.493 e. The number of hydrogen-bond acceptors (Lipinski definition) is 5. The zero-order chi connectivity index (χ0) is 18.1. The Morgan fingerprint density at radius 2 is 2.15 bits per heavy atom. The summed E-state index contributed by atoms with van der Waals surface area (Å²) >= 11 is 0. The number of ether oxygens (including phenoxy) is 3. The van der Waals surface area contributed by atoms with Crippen LogP contribution in [-0.2, 0) is 4.74 Å². The molecule has 0 N–H and O–H groups in total. The van der Waals surface area contributed by atoms with Crippen molar-refractivity contribution in [1.82, 2.24) is 9.80 Å². The Hall–Kier alpha value is -2.21. The number of amides is 1. The van der Waals surface area contributed by atoms with Crippen molar-refractivity contribution in [2.45, 2.75) is 24.9 Å². The van der Waals surface area contributed by atoms with Crippen LogP contribution in [0.1, 0.15) is 24.8 Å². The molecule has 1 unspecified atom stereocenters. The minimum atomic E-state index is -0.294. The first-order chi connectivity index (χ1) is 12.6. The van der Waals surface area contributed by atoms with Crippen molar-refractivity contribution in [1.29, 1.82) is 0 Å². The summed E-state index contributed by atoms with van der Waals surface area (Å²) < 4.78 is 17.0. The Balaban J connectivity index is 1.42. The molecule has 3 aliphatic heterocycles. The number of methoxy groups -OCH3 is 1. The van der Waals surface area contributed by atoms with Crippen molar-refractivity contribution in [3.8, 4) is 11.5 Å². The van der Waals surface area contributed by atoms with Gasteiger partial charge in [0.15, 0.2) is 11.5 Å². The van der Waals surface area contributed by atoms with E-state index in [-0.39, 0.29) is 11.7 Å². The van der Waals surface area contributed by atoms with Crippen LogP contribution in [0, 0.1) is 0 Å². The van der Waals surface area contributed by atoms with Gasteiger partial charge in [-0.2, -0.15) is 0 Å². The lowest BCUT2D eigenvalue weighted by Crippen LogP contribution is -2.35. The molecule has 26 heavy (non-hydrogen) atoms. The smallest absolute Gasteiger partial charge is 0.410 e. The average Bonchev–Trinajstić information content (AvgIpc) is 2.79. The van der Waals surface area contributed by atoms with Gasteiger partial charge in [-0.05, 0) is 37.1 Å². The number of nitrogens with zero attached hydrogens (tertiary/aromatic N) is 2. The number of likely N-dealkylation sites (N-methyl/N-ethyl adjacent to an activating group) is 1. The quantitative estimate of drug-likeness (QED) is 0.832. The predicted molar refractivity (Wildman–Crippen MR) is 98.6 cm³/mol. The van der Waals surface area contributed by atoms with Crippen LogP contribution >= 0.6 is 0 Å². The number of fused-ring (bicyclic) bond motifs is 1. The second kappa shape index (κ2) is 6.83. The van der Waals surface area contributed by atoms with E-state index in [1.165, 1.54) is 5.57 Å². The molecule has 6 heteroatoms. The Labute approximate surface area is 154 Å². The summed E-state index contributed by atoms with van der Waals surface area (Å²) in [5.41, 5.74) is 2.04. The van der Waals surface area contributed by atoms with Gasteiger partial charge < -0.3 is 19.1 Å². The van der Waals surface area contributed by atoms with Gasteiger partial charge in [-0.3, -0.25) is 4.90 Å². The van der Waals surface area contributed by atoms with Crippen molar-refractivity contribution in [3.63, 3.8) is 0 Å². The predicted octanol–water partition coefficient (Wildman–Crippen LogP) is 2.78. The van der Waals surface area contributed by atoms with E-state index in [1.54, 1.807) is 12.0 Å². The fraction of sp³-hybridized carbons (Fsp3) is 0.550. The van der Waals surface area contributed by atoms with E-state index < -0.39 is 0 Å². The average molecular weight is 358 g/mol. The van der Waals surface area contributed by atoms with Gasteiger partial charge in [-0.25, -0.2) is 4.79 Å². The Morgan fingerprint density at radius 3 is 2.92 bits per heavy atom. The molecule has 0 aromatic heterocycles. The molecule has 3 aliphatic rings. The molecule has 0 saturated carbocycles. The van der Waals surface area contributed by atoms with Crippen molar-refractivity contribution in [3.05, 3.63) is 29.3 Å². The highest BCUT2D eigenvalue weighted by molar-refractivity contribution is 5.70. The minimum absolute atomic E-state index is 0.188. The van der Waals surface area contributed by atoms with Crippen LogP contribution in [0.2, 0.25) is 0 Å². The molecule has 6 nitrogen and oxygen atoms in total. The Morgan fingerprint density at radius 1 is 1.27 bits per heavy atom. The summed E-state index contributed by atoms with van der Waals surface area (Å²) in [7, 11) is 3.48. The van der Waals surface area contributed by atoms with Crippen molar-refractivity contribution in [2.75, 3.05) is 46.9 Å². The monoisotopic (exact) mass is 358 g/mol. The summed E-state index contributed by atoms with van der Waals surface area (Å²) in [6.45, 7) is 4.14. The van der Waals surface area contributed by atoms with Gasteiger partial charge in [-0.15, -0.1) is 0 Å². The Bertz CT molecular complexity index is 733. The number of hydrogen-bond donors (Lipinski definition) is 0. The lowest BCUT2D eigenvalue weighted by molar-refractivity contribution is 0.0447. The molecule has 0 bridgehead atoms. The van der Waals surface area contributed by atoms with Crippen molar-refractivity contribution in [2.24, 2.45) is 0 Å².